The molecule has 2 aromatic carbocycles. The maximum Gasteiger partial charge on any atom is 0.240 e. The third kappa shape index (κ3) is 3.28. The van der Waals surface area contributed by atoms with Gasteiger partial charge < -0.3 is 11.1 Å². The van der Waals surface area contributed by atoms with Crippen molar-refractivity contribution in [2.24, 2.45) is 5.14 Å². The number of aryl methyl sites for hydroxylation is 1. The van der Waals surface area contributed by atoms with Gasteiger partial charge in [0.05, 0.1) is 11.4 Å². The Balaban J connectivity index is 2.23. The first-order valence-corrected chi connectivity index (χ1v) is 7.63. The molecule has 2 aromatic rings. The number of rotatable bonds is 4. The lowest BCUT2D eigenvalue weighted by molar-refractivity contribution is 0.598. The van der Waals surface area contributed by atoms with Crippen LogP contribution in [-0.2, 0) is 16.6 Å². The normalized spacial score (nSPS) is 11.3. The molecule has 0 aliphatic heterocycles. The van der Waals surface area contributed by atoms with E-state index >= 15 is 0 Å². The van der Waals surface area contributed by atoms with Gasteiger partial charge in [-0.05, 0) is 24.6 Å². The standard InChI is InChI=1S/C14H17N3O2S/c1-10-4-2-5-11(8-10)9-17-12-6-3-7-13(14(12)15)20(16,18)19/h2-8,17H,9,15H2,1H3,(H2,16,18,19). The number of nitrogens with two attached hydrogens (primary N) is 2. The zero-order chi connectivity index (χ0) is 14.8. The molecule has 0 unspecified atom stereocenters. The molecule has 0 aliphatic rings. The number of sulfonamides is 1. The molecule has 0 radical (unpaired) electrons. The van der Waals surface area contributed by atoms with Crippen LogP contribution in [0.15, 0.2) is 47.4 Å². The number of benzene rings is 2. The Bertz CT molecular complexity index is 727. The molecule has 0 saturated carbocycles. The summed E-state index contributed by atoms with van der Waals surface area (Å²) in [6.45, 7) is 2.57. The van der Waals surface area contributed by atoms with Crippen molar-refractivity contribution in [2.45, 2.75) is 18.4 Å². The fraction of sp³-hybridized carbons (Fsp3) is 0.143. The molecule has 0 bridgehead atoms. The second-order valence-electron chi connectivity index (χ2n) is 4.61. The molecular formula is C14H17N3O2S. The average molecular weight is 291 g/mol. The van der Waals surface area contributed by atoms with Gasteiger partial charge in [-0.1, -0.05) is 35.9 Å². The summed E-state index contributed by atoms with van der Waals surface area (Å²) in [5.74, 6) is 0. The van der Waals surface area contributed by atoms with E-state index in [-0.39, 0.29) is 10.6 Å². The zero-order valence-electron chi connectivity index (χ0n) is 11.1. The van der Waals surface area contributed by atoms with Crippen LogP contribution in [0.3, 0.4) is 0 Å². The van der Waals surface area contributed by atoms with Crippen molar-refractivity contribution in [3.63, 3.8) is 0 Å². The van der Waals surface area contributed by atoms with E-state index < -0.39 is 10.0 Å². The minimum atomic E-state index is -3.81. The molecule has 5 N–H and O–H groups in total. The van der Waals surface area contributed by atoms with Crippen LogP contribution < -0.4 is 16.2 Å². The zero-order valence-corrected chi connectivity index (χ0v) is 11.9. The van der Waals surface area contributed by atoms with Crippen molar-refractivity contribution < 1.29 is 8.42 Å². The molecule has 0 atom stereocenters. The predicted molar refractivity (Wildman–Crippen MR) is 80.7 cm³/mol. The van der Waals surface area contributed by atoms with Gasteiger partial charge in [-0.15, -0.1) is 0 Å². The Morgan fingerprint density at radius 3 is 2.50 bits per heavy atom. The lowest BCUT2D eigenvalue weighted by Crippen LogP contribution is -2.15. The number of hydrogen-bond donors (Lipinski definition) is 3. The van der Waals surface area contributed by atoms with Gasteiger partial charge in [0.15, 0.2) is 0 Å². The molecule has 0 saturated heterocycles. The Kier molecular flexibility index (Phi) is 3.96. The molecule has 5 nitrogen and oxygen atoms in total. The fourth-order valence-electron chi connectivity index (χ4n) is 1.97. The first-order chi connectivity index (χ1) is 9.38. The summed E-state index contributed by atoms with van der Waals surface area (Å²) in [5.41, 5.74) is 8.79. The van der Waals surface area contributed by atoms with Gasteiger partial charge in [0.1, 0.15) is 4.90 Å². The number of para-hydroxylation sites is 1. The van der Waals surface area contributed by atoms with Crippen LogP contribution >= 0.6 is 0 Å². The first-order valence-electron chi connectivity index (χ1n) is 6.08. The van der Waals surface area contributed by atoms with Crippen LogP contribution in [0, 0.1) is 6.92 Å². The molecule has 20 heavy (non-hydrogen) atoms. The molecule has 0 spiro atoms. The van der Waals surface area contributed by atoms with E-state index in [2.05, 4.69) is 5.32 Å². The summed E-state index contributed by atoms with van der Waals surface area (Å²) < 4.78 is 22.8. The van der Waals surface area contributed by atoms with E-state index in [1.165, 1.54) is 6.07 Å². The third-order valence-corrected chi connectivity index (χ3v) is 3.91. The van der Waals surface area contributed by atoms with Crippen molar-refractivity contribution >= 4 is 21.4 Å². The quantitative estimate of drug-likeness (QED) is 0.748. The summed E-state index contributed by atoms with van der Waals surface area (Å²) in [6.07, 6.45) is 0. The smallest absolute Gasteiger partial charge is 0.240 e. The highest BCUT2D eigenvalue weighted by molar-refractivity contribution is 7.89. The highest BCUT2D eigenvalue weighted by Crippen LogP contribution is 2.26. The van der Waals surface area contributed by atoms with Crippen molar-refractivity contribution in [3.8, 4) is 0 Å². The van der Waals surface area contributed by atoms with Crippen LogP contribution in [0.5, 0.6) is 0 Å². The second-order valence-corrected chi connectivity index (χ2v) is 6.13. The van der Waals surface area contributed by atoms with Gasteiger partial charge in [0.25, 0.3) is 0 Å². The van der Waals surface area contributed by atoms with E-state index in [1.54, 1.807) is 12.1 Å². The van der Waals surface area contributed by atoms with Gasteiger partial charge in [0, 0.05) is 6.54 Å². The van der Waals surface area contributed by atoms with Crippen LogP contribution in [0.1, 0.15) is 11.1 Å². The number of hydrogen-bond acceptors (Lipinski definition) is 4. The molecule has 106 valence electrons. The highest BCUT2D eigenvalue weighted by atomic mass is 32.2. The summed E-state index contributed by atoms with van der Waals surface area (Å²) in [6, 6.07) is 12.7. The molecule has 2 rings (SSSR count). The van der Waals surface area contributed by atoms with E-state index in [0.717, 1.165) is 11.1 Å². The van der Waals surface area contributed by atoms with Gasteiger partial charge in [0.2, 0.25) is 10.0 Å². The van der Waals surface area contributed by atoms with E-state index in [1.807, 2.05) is 31.2 Å². The predicted octanol–water partition coefficient (Wildman–Crippen LogP) is 1.84. The fourth-order valence-corrected chi connectivity index (χ4v) is 2.65. The number of primary sulfonamides is 1. The average Bonchev–Trinajstić information content (AvgIpc) is 2.36. The van der Waals surface area contributed by atoms with Crippen LogP contribution in [0.2, 0.25) is 0 Å². The molecule has 0 amide bonds. The summed E-state index contributed by atoms with van der Waals surface area (Å²) in [4.78, 5) is -0.0632. The van der Waals surface area contributed by atoms with Crippen molar-refractivity contribution in [2.75, 3.05) is 11.1 Å². The summed E-state index contributed by atoms with van der Waals surface area (Å²) in [7, 11) is -3.81. The lowest BCUT2D eigenvalue weighted by atomic mass is 10.1. The van der Waals surface area contributed by atoms with E-state index in [9.17, 15) is 8.42 Å². The summed E-state index contributed by atoms with van der Waals surface area (Å²) in [5, 5.41) is 8.24. The van der Waals surface area contributed by atoms with Crippen LogP contribution in [0.25, 0.3) is 0 Å². The molecule has 0 heterocycles. The van der Waals surface area contributed by atoms with Crippen molar-refractivity contribution in [3.05, 3.63) is 53.6 Å². The van der Waals surface area contributed by atoms with E-state index in [0.29, 0.717) is 12.2 Å². The van der Waals surface area contributed by atoms with Crippen LogP contribution in [0.4, 0.5) is 11.4 Å². The number of nitrogen functional groups attached to an aromatic ring is 1. The summed E-state index contributed by atoms with van der Waals surface area (Å²) >= 11 is 0. The van der Waals surface area contributed by atoms with Gasteiger partial charge in [-0.25, -0.2) is 13.6 Å². The van der Waals surface area contributed by atoms with Crippen molar-refractivity contribution in [1.82, 2.24) is 0 Å². The minimum Gasteiger partial charge on any atom is -0.396 e. The van der Waals surface area contributed by atoms with Crippen LogP contribution in [-0.4, -0.2) is 8.42 Å². The molecular weight excluding hydrogens is 274 g/mol. The molecule has 0 aromatic heterocycles. The maximum absolute atomic E-state index is 11.4. The maximum atomic E-state index is 11.4. The number of anilines is 2. The highest BCUT2D eigenvalue weighted by Gasteiger charge is 2.14. The monoisotopic (exact) mass is 291 g/mol. The third-order valence-electron chi connectivity index (χ3n) is 2.94. The van der Waals surface area contributed by atoms with Gasteiger partial charge in [-0.2, -0.15) is 0 Å². The lowest BCUT2D eigenvalue weighted by Gasteiger charge is -2.12. The Labute approximate surface area is 118 Å². The Morgan fingerprint density at radius 1 is 1.15 bits per heavy atom. The first kappa shape index (κ1) is 14.4. The Morgan fingerprint density at radius 2 is 1.85 bits per heavy atom. The van der Waals surface area contributed by atoms with Gasteiger partial charge >= 0.3 is 0 Å². The second kappa shape index (κ2) is 5.52. The largest absolute Gasteiger partial charge is 0.396 e. The number of nitrogens with one attached hydrogen (secondary N) is 1. The Hall–Kier alpha value is -2.05. The molecule has 6 heteroatoms. The SMILES string of the molecule is Cc1cccc(CNc2cccc(S(N)(=O)=O)c2N)c1. The minimum absolute atomic E-state index is 0.0632. The topological polar surface area (TPSA) is 98.2 Å². The van der Waals surface area contributed by atoms with Crippen molar-refractivity contribution in [1.29, 1.82) is 0 Å². The molecule has 0 fully saturated rings. The van der Waals surface area contributed by atoms with Gasteiger partial charge in [-0.3, -0.25) is 0 Å². The van der Waals surface area contributed by atoms with E-state index in [4.69, 9.17) is 10.9 Å². The molecule has 0 aliphatic carbocycles.